The first-order valence-electron chi connectivity index (χ1n) is 12.7. The van der Waals surface area contributed by atoms with Gasteiger partial charge in [0.2, 0.25) is 11.8 Å². The lowest BCUT2D eigenvalue weighted by atomic mass is 10.1. The van der Waals surface area contributed by atoms with E-state index in [4.69, 9.17) is 27.9 Å². The Bertz CT molecular complexity index is 1670. The van der Waals surface area contributed by atoms with Gasteiger partial charge in [-0.3, -0.25) is 9.59 Å². The fraction of sp³-hybridized carbons (Fsp3) is 0.194. The monoisotopic (exact) mass is 615 g/mol. The van der Waals surface area contributed by atoms with Gasteiger partial charge in [-0.1, -0.05) is 47.5 Å². The van der Waals surface area contributed by atoms with Gasteiger partial charge in [-0.25, -0.2) is 4.98 Å². The summed E-state index contributed by atoms with van der Waals surface area (Å²) in [7, 11) is 1.51. The zero-order valence-electron chi connectivity index (χ0n) is 22.9. The molecule has 0 radical (unpaired) electrons. The number of alkyl halides is 3. The molecule has 0 spiro atoms. The molecule has 0 atom stereocenters. The first-order valence-corrected chi connectivity index (χ1v) is 13.5. The lowest BCUT2D eigenvalue weighted by molar-refractivity contribution is -0.137. The summed E-state index contributed by atoms with van der Waals surface area (Å²) < 4.78 is 44.2. The second kappa shape index (κ2) is 12.8. The minimum absolute atomic E-state index is 0.0267. The van der Waals surface area contributed by atoms with E-state index in [1.165, 1.54) is 30.2 Å². The second-order valence-corrected chi connectivity index (χ2v) is 10.3. The van der Waals surface area contributed by atoms with E-state index in [2.05, 4.69) is 10.3 Å². The molecule has 42 heavy (non-hydrogen) atoms. The van der Waals surface area contributed by atoms with Crippen LogP contribution < -0.4 is 15.0 Å². The summed E-state index contributed by atoms with van der Waals surface area (Å²) in [5, 5.41) is 3.99. The standard InChI is InChI=1S/C31H26Cl2F3N3O3/c1-18-5-4-6-25-22(18)15-27(19(2)38-25)42-17-23-24(32)12-13-26(30(23)33)39(3)29(41)16-37-28(40)14-9-20-7-10-21(11-8-20)31(34,35)36/h4-15H,16-17H2,1-3H3,(H,37,40)/b14-9+. The van der Waals surface area contributed by atoms with Crippen molar-refractivity contribution in [1.82, 2.24) is 10.3 Å². The van der Waals surface area contributed by atoms with Gasteiger partial charge in [0.25, 0.3) is 0 Å². The molecule has 0 aliphatic heterocycles. The number of nitrogens with one attached hydrogen (secondary N) is 1. The van der Waals surface area contributed by atoms with Crippen molar-refractivity contribution in [3.63, 3.8) is 0 Å². The van der Waals surface area contributed by atoms with Crippen molar-refractivity contribution in [3.05, 3.63) is 105 Å². The number of ether oxygens (including phenoxy) is 1. The van der Waals surface area contributed by atoms with Gasteiger partial charge in [0.05, 0.1) is 34.0 Å². The molecule has 0 aliphatic rings. The van der Waals surface area contributed by atoms with Crippen molar-refractivity contribution in [1.29, 1.82) is 0 Å². The van der Waals surface area contributed by atoms with Crippen LogP contribution in [0, 0.1) is 13.8 Å². The van der Waals surface area contributed by atoms with E-state index in [1.54, 1.807) is 12.1 Å². The maximum absolute atomic E-state index is 12.8. The third kappa shape index (κ3) is 7.21. The van der Waals surface area contributed by atoms with E-state index in [9.17, 15) is 22.8 Å². The molecule has 0 saturated carbocycles. The Hall–Kier alpha value is -4.08. The Labute approximate surface area is 250 Å². The minimum atomic E-state index is -4.44. The van der Waals surface area contributed by atoms with Crippen LogP contribution in [-0.2, 0) is 22.4 Å². The van der Waals surface area contributed by atoms with Crippen molar-refractivity contribution in [3.8, 4) is 5.75 Å². The molecule has 0 saturated heterocycles. The molecule has 1 heterocycles. The number of fused-ring (bicyclic) bond motifs is 1. The Balaban J connectivity index is 1.40. The number of hydrogen-bond donors (Lipinski definition) is 1. The summed E-state index contributed by atoms with van der Waals surface area (Å²) in [6, 6.07) is 15.3. The average molecular weight is 616 g/mol. The van der Waals surface area contributed by atoms with Crippen molar-refractivity contribution >= 4 is 57.7 Å². The quantitative estimate of drug-likeness (QED) is 0.208. The van der Waals surface area contributed by atoms with Crippen molar-refractivity contribution in [2.75, 3.05) is 18.5 Å². The molecule has 0 fully saturated rings. The average Bonchev–Trinajstić information content (AvgIpc) is 2.94. The van der Waals surface area contributed by atoms with Gasteiger partial charge in [-0.2, -0.15) is 13.2 Å². The molecule has 1 N–H and O–H groups in total. The summed E-state index contributed by atoms with van der Waals surface area (Å²) >= 11 is 13.1. The SMILES string of the molecule is Cc1nc2cccc(C)c2cc1OCc1c(Cl)ccc(N(C)C(=O)CNC(=O)/C=C/c2ccc(C(F)(F)F)cc2)c1Cl. The van der Waals surface area contributed by atoms with Crippen LogP contribution in [-0.4, -0.2) is 30.4 Å². The van der Waals surface area contributed by atoms with E-state index in [0.717, 1.165) is 34.7 Å². The number of carbonyl (C=O) groups is 2. The Morgan fingerprint density at radius 3 is 2.45 bits per heavy atom. The highest BCUT2D eigenvalue weighted by Gasteiger charge is 2.29. The molecule has 11 heteroatoms. The number of aryl methyl sites for hydroxylation is 2. The van der Waals surface area contributed by atoms with E-state index < -0.39 is 23.6 Å². The number of benzene rings is 3. The summed E-state index contributed by atoms with van der Waals surface area (Å²) in [4.78, 5) is 30.9. The Kier molecular flexibility index (Phi) is 9.43. The van der Waals surface area contributed by atoms with Gasteiger partial charge in [0.1, 0.15) is 12.4 Å². The number of hydrogen-bond acceptors (Lipinski definition) is 4. The van der Waals surface area contributed by atoms with Crippen LogP contribution >= 0.6 is 23.2 Å². The van der Waals surface area contributed by atoms with Crippen LogP contribution in [0.25, 0.3) is 17.0 Å². The Morgan fingerprint density at radius 2 is 1.76 bits per heavy atom. The summed E-state index contributed by atoms with van der Waals surface area (Å²) in [5.41, 5.74) is 3.07. The predicted octanol–water partition coefficient (Wildman–Crippen LogP) is 7.55. The molecule has 6 nitrogen and oxygen atoms in total. The number of anilines is 1. The predicted molar refractivity (Wildman–Crippen MR) is 159 cm³/mol. The first kappa shape index (κ1) is 30.9. The normalized spacial score (nSPS) is 11.6. The summed E-state index contributed by atoms with van der Waals surface area (Å²) in [5.74, 6) is -0.485. The molecule has 2 amide bonds. The van der Waals surface area contributed by atoms with Crippen LogP contribution in [0.1, 0.15) is 27.9 Å². The van der Waals surface area contributed by atoms with Crippen molar-refractivity contribution in [2.45, 2.75) is 26.6 Å². The number of rotatable bonds is 8. The largest absolute Gasteiger partial charge is 0.487 e. The maximum Gasteiger partial charge on any atom is 0.416 e. The van der Waals surface area contributed by atoms with Gasteiger partial charge in [0, 0.05) is 29.1 Å². The molecule has 0 bridgehead atoms. The lowest BCUT2D eigenvalue weighted by Crippen LogP contribution is -2.37. The van der Waals surface area contributed by atoms with E-state index in [-0.39, 0.29) is 18.2 Å². The van der Waals surface area contributed by atoms with Crippen molar-refractivity contribution < 1.29 is 27.5 Å². The highest BCUT2D eigenvalue weighted by molar-refractivity contribution is 6.38. The lowest BCUT2D eigenvalue weighted by Gasteiger charge is -2.21. The number of nitrogens with zero attached hydrogens (tertiary/aromatic N) is 2. The highest BCUT2D eigenvalue weighted by atomic mass is 35.5. The van der Waals surface area contributed by atoms with E-state index >= 15 is 0 Å². The van der Waals surface area contributed by atoms with Gasteiger partial charge >= 0.3 is 6.18 Å². The van der Waals surface area contributed by atoms with Gasteiger partial charge in [-0.15, -0.1) is 0 Å². The number of amides is 2. The fourth-order valence-electron chi connectivity index (χ4n) is 4.12. The van der Waals surface area contributed by atoms with Crippen LogP contribution in [0.2, 0.25) is 10.0 Å². The number of carbonyl (C=O) groups excluding carboxylic acids is 2. The molecule has 1 aromatic heterocycles. The van der Waals surface area contributed by atoms with Crippen LogP contribution in [0.4, 0.5) is 18.9 Å². The van der Waals surface area contributed by atoms with Crippen molar-refractivity contribution in [2.24, 2.45) is 0 Å². The second-order valence-electron chi connectivity index (χ2n) is 9.48. The molecule has 0 unspecified atom stereocenters. The van der Waals surface area contributed by atoms with Crippen LogP contribution in [0.15, 0.2) is 66.7 Å². The Morgan fingerprint density at radius 1 is 1.05 bits per heavy atom. The number of pyridine rings is 1. The van der Waals surface area contributed by atoms with Crippen LogP contribution in [0.3, 0.4) is 0 Å². The zero-order valence-corrected chi connectivity index (χ0v) is 24.4. The zero-order chi connectivity index (χ0) is 30.6. The molecule has 4 aromatic rings. The summed E-state index contributed by atoms with van der Waals surface area (Å²) in [6.45, 7) is 3.51. The van der Waals surface area contributed by atoms with E-state index in [1.807, 2.05) is 38.1 Å². The molecule has 3 aromatic carbocycles. The van der Waals surface area contributed by atoms with Crippen LogP contribution in [0.5, 0.6) is 5.75 Å². The van der Waals surface area contributed by atoms with Gasteiger partial charge in [0.15, 0.2) is 0 Å². The third-order valence-corrected chi connectivity index (χ3v) is 7.35. The van der Waals surface area contributed by atoms with Gasteiger partial charge in [-0.05, 0) is 67.4 Å². The molecule has 0 aliphatic carbocycles. The maximum atomic E-state index is 12.8. The van der Waals surface area contributed by atoms with E-state index in [0.29, 0.717) is 33.3 Å². The fourth-order valence-corrected chi connectivity index (χ4v) is 4.73. The van der Waals surface area contributed by atoms with Gasteiger partial charge < -0.3 is 15.0 Å². The summed E-state index contributed by atoms with van der Waals surface area (Å²) in [6.07, 6.45) is -1.97. The number of halogens is 5. The first-order chi connectivity index (χ1) is 19.8. The topological polar surface area (TPSA) is 71.5 Å². The third-order valence-electron chi connectivity index (χ3n) is 6.57. The highest BCUT2D eigenvalue weighted by Crippen LogP contribution is 2.35. The number of likely N-dealkylation sites (N-methyl/N-ethyl adjacent to an activating group) is 1. The molecule has 4 rings (SSSR count). The smallest absolute Gasteiger partial charge is 0.416 e. The number of aromatic nitrogens is 1. The molecule has 218 valence electrons. The minimum Gasteiger partial charge on any atom is -0.487 e. The molecular formula is C31H26Cl2F3N3O3. The molecular weight excluding hydrogens is 590 g/mol.